The van der Waals surface area contributed by atoms with Crippen LogP contribution in [0.2, 0.25) is 5.02 Å². The molecule has 0 aromatic heterocycles. The monoisotopic (exact) mass is 246 g/mol. The first kappa shape index (κ1) is 12.6. The number of hydrogen-bond acceptors (Lipinski definition) is 5. The van der Waals surface area contributed by atoms with Gasteiger partial charge in [0.05, 0.1) is 19.2 Å². The lowest BCUT2D eigenvalue weighted by atomic mass is 10.1. The third kappa shape index (κ3) is 2.20. The van der Waals surface area contributed by atoms with Gasteiger partial charge in [0.1, 0.15) is 0 Å². The van der Waals surface area contributed by atoms with Gasteiger partial charge in [-0.1, -0.05) is 17.7 Å². The fourth-order valence-electron chi connectivity index (χ4n) is 1.22. The van der Waals surface area contributed by atoms with Gasteiger partial charge >= 0.3 is 5.97 Å². The van der Waals surface area contributed by atoms with E-state index in [-0.39, 0.29) is 22.1 Å². The van der Waals surface area contributed by atoms with Gasteiger partial charge in [-0.25, -0.2) is 4.79 Å². The minimum atomic E-state index is -1.57. The van der Waals surface area contributed by atoms with Crippen molar-refractivity contribution in [1.82, 2.24) is 0 Å². The zero-order valence-corrected chi connectivity index (χ0v) is 9.49. The predicted molar refractivity (Wildman–Crippen MR) is 56.6 cm³/mol. The first-order valence-corrected chi connectivity index (χ1v) is 4.72. The van der Waals surface area contributed by atoms with E-state index in [1.165, 1.54) is 19.2 Å². The van der Waals surface area contributed by atoms with E-state index >= 15 is 0 Å². The molecule has 0 bridgehead atoms. The number of phenols is 1. The topological polar surface area (TPSA) is 76.0 Å². The van der Waals surface area contributed by atoms with Crippen LogP contribution in [0.25, 0.3) is 0 Å². The number of carbonyl (C=O) groups is 1. The SMILES string of the molecule is COC(=O)C(O)c1ccc(Cl)c(OC)c1O. The van der Waals surface area contributed by atoms with Crippen molar-refractivity contribution in [1.29, 1.82) is 0 Å². The highest BCUT2D eigenvalue weighted by Crippen LogP contribution is 2.39. The first-order chi connectivity index (χ1) is 7.52. The number of aromatic hydroxyl groups is 1. The highest BCUT2D eigenvalue weighted by Gasteiger charge is 2.24. The number of halogens is 1. The number of carbonyl (C=O) groups excluding carboxylic acids is 1. The van der Waals surface area contributed by atoms with E-state index in [2.05, 4.69) is 4.74 Å². The molecular weight excluding hydrogens is 236 g/mol. The number of benzene rings is 1. The summed E-state index contributed by atoms with van der Waals surface area (Å²) in [6.07, 6.45) is -1.57. The maximum atomic E-state index is 11.1. The van der Waals surface area contributed by atoms with Crippen molar-refractivity contribution in [2.45, 2.75) is 6.10 Å². The standard InChI is InChI=1S/C10H11ClO5/c1-15-9-6(11)4-3-5(7(9)12)8(13)10(14)16-2/h3-4,8,12-13H,1-2H3. The lowest BCUT2D eigenvalue weighted by Gasteiger charge is -2.13. The molecule has 1 unspecified atom stereocenters. The molecule has 0 aliphatic rings. The van der Waals surface area contributed by atoms with Crippen LogP contribution < -0.4 is 4.74 Å². The van der Waals surface area contributed by atoms with Gasteiger partial charge in [-0.05, 0) is 6.07 Å². The van der Waals surface area contributed by atoms with Gasteiger partial charge in [-0.3, -0.25) is 0 Å². The molecule has 0 spiro atoms. The molecule has 5 nitrogen and oxygen atoms in total. The van der Waals surface area contributed by atoms with Crippen LogP contribution in [-0.2, 0) is 9.53 Å². The summed E-state index contributed by atoms with van der Waals surface area (Å²) in [6.45, 7) is 0. The molecule has 1 aromatic carbocycles. The fraction of sp³-hybridized carbons (Fsp3) is 0.300. The lowest BCUT2D eigenvalue weighted by Crippen LogP contribution is -2.13. The van der Waals surface area contributed by atoms with Gasteiger partial charge in [0.25, 0.3) is 0 Å². The van der Waals surface area contributed by atoms with E-state index in [1.807, 2.05) is 0 Å². The van der Waals surface area contributed by atoms with Gasteiger partial charge < -0.3 is 19.7 Å². The second-order valence-electron chi connectivity index (χ2n) is 2.94. The molecule has 6 heteroatoms. The molecule has 0 aliphatic heterocycles. The number of ether oxygens (including phenoxy) is 2. The van der Waals surface area contributed by atoms with Crippen LogP contribution in [0.15, 0.2) is 12.1 Å². The Kier molecular flexibility index (Phi) is 3.98. The zero-order chi connectivity index (χ0) is 12.3. The number of aliphatic hydroxyl groups is 1. The van der Waals surface area contributed by atoms with Crippen LogP contribution in [0.1, 0.15) is 11.7 Å². The maximum absolute atomic E-state index is 11.1. The van der Waals surface area contributed by atoms with Crippen LogP contribution >= 0.6 is 11.6 Å². The molecule has 0 aliphatic carbocycles. The third-order valence-electron chi connectivity index (χ3n) is 2.04. The summed E-state index contributed by atoms with van der Waals surface area (Å²) >= 11 is 5.74. The molecule has 0 heterocycles. The van der Waals surface area contributed by atoms with Crippen LogP contribution in [-0.4, -0.2) is 30.4 Å². The molecule has 2 N–H and O–H groups in total. The number of phenolic OH excluding ortho intramolecular Hbond substituents is 1. The Bertz CT molecular complexity index is 404. The summed E-state index contributed by atoms with van der Waals surface area (Å²) in [5.41, 5.74) is -0.0203. The average Bonchev–Trinajstić information content (AvgIpc) is 2.28. The molecule has 0 saturated carbocycles. The number of methoxy groups -OCH3 is 2. The molecule has 0 fully saturated rings. The van der Waals surface area contributed by atoms with E-state index in [9.17, 15) is 15.0 Å². The quantitative estimate of drug-likeness (QED) is 0.786. The number of hydrogen-bond donors (Lipinski definition) is 2. The average molecular weight is 247 g/mol. The van der Waals surface area contributed by atoms with Gasteiger partial charge in [0.2, 0.25) is 0 Å². The van der Waals surface area contributed by atoms with E-state index in [0.717, 1.165) is 7.11 Å². The largest absolute Gasteiger partial charge is 0.504 e. The number of aliphatic hydroxyl groups excluding tert-OH is 1. The van der Waals surface area contributed by atoms with Crippen molar-refractivity contribution < 1.29 is 24.5 Å². The number of esters is 1. The van der Waals surface area contributed by atoms with Gasteiger partial charge in [-0.15, -0.1) is 0 Å². The Hall–Kier alpha value is -1.46. The van der Waals surface area contributed by atoms with Crippen molar-refractivity contribution in [3.63, 3.8) is 0 Å². The summed E-state index contributed by atoms with van der Waals surface area (Å²) in [5.74, 6) is -1.25. The van der Waals surface area contributed by atoms with Gasteiger partial charge in [0.15, 0.2) is 17.6 Å². The van der Waals surface area contributed by atoms with Gasteiger partial charge in [0, 0.05) is 5.56 Å². The first-order valence-electron chi connectivity index (χ1n) is 4.34. The third-order valence-corrected chi connectivity index (χ3v) is 2.34. The lowest BCUT2D eigenvalue weighted by molar-refractivity contribution is -0.150. The molecule has 1 atom stereocenters. The zero-order valence-electron chi connectivity index (χ0n) is 8.73. The Morgan fingerprint density at radius 3 is 2.56 bits per heavy atom. The minimum Gasteiger partial charge on any atom is -0.504 e. The second kappa shape index (κ2) is 5.05. The predicted octanol–water partition coefficient (Wildman–Crippen LogP) is 1.26. The van der Waals surface area contributed by atoms with Crippen molar-refractivity contribution in [3.05, 3.63) is 22.7 Å². The molecular formula is C10H11ClO5. The van der Waals surface area contributed by atoms with E-state index in [0.29, 0.717) is 0 Å². The van der Waals surface area contributed by atoms with Crippen molar-refractivity contribution in [3.8, 4) is 11.5 Å². The minimum absolute atomic E-state index is 0.00196. The van der Waals surface area contributed by atoms with Crippen molar-refractivity contribution >= 4 is 17.6 Å². The van der Waals surface area contributed by atoms with E-state index in [4.69, 9.17) is 16.3 Å². The van der Waals surface area contributed by atoms with Crippen molar-refractivity contribution in [2.24, 2.45) is 0 Å². The molecule has 16 heavy (non-hydrogen) atoms. The molecule has 0 amide bonds. The van der Waals surface area contributed by atoms with Crippen LogP contribution in [0.5, 0.6) is 11.5 Å². The Labute approximate surface area is 97.2 Å². The molecule has 88 valence electrons. The highest BCUT2D eigenvalue weighted by molar-refractivity contribution is 6.32. The number of rotatable bonds is 3. The Balaban J connectivity index is 3.20. The molecule has 1 rings (SSSR count). The summed E-state index contributed by atoms with van der Waals surface area (Å²) in [5, 5.41) is 19.4. The smallest absolute Gasteiger partial charge is 0.339 e. The molecule has 1 aromatic rings. The molecule has 0 saturated heterocycles. The van der Waals surface area contributed by atoms with Crippen LogP contribution in [0, 0.1) is 0 Å². The van der Waals surface area contributed by atoms with E-state index in [1.54, 1.807) is 0 Å². The fourth-order valence-corrected chi connectivity index (χ4v) is 1.44. The van der Waals surface area contributed by atoms with Gasteiger partial charge in [-0.2, -0.15) is 0 Å². The summed E-state index contributed by atoms with van der Waals surface area (Å²) in [6, 6.07) is 2.73. The molecule has 0 radical (unpaired) electrons. The highest BCUT2D eigenvalue weighted by atomic mass is 35.5. The Morgan fingerprint density at radius 2 is 2.06 bits per heavy atom. The summed E-state index contributed by atoms with van der Waals surface area (Å²) in [7, 11) is 2.45. The van der Waals surface area contributed by atoms with Crippen LogP contribution in [0.3, 0.4) is 0 Å². The normalized spacial score (nSPS) is 12.0. The van der Waals surface area contributed by atoms with Crippen molar-refractivity contribution in [2.75, 3.05) is 14.2 Å². The van der Waals surface area contributed by atoms with Crippen LogP contribution in [0.4, 0.5) is 0 Å². The second-order valence-corrected chi connectivity index (χ2v) is 3.35. The summed E-state index contributed by atoms with van der Waals surface area (Å²) < 4.78 is 9.19. The maximum Gasteiger partial charge on any atom is 0.339 e. The Morgan fingerprint density at radius 1 is 1.44 bits per heavy atom. The van der Waals surface area contributed by atoms with E-state index < -0.39 is 12.1 Å². The summed E-state index contributed by atoms with van der Waals surface area (Å²) in [4.78, 5) is 11.1.